The van der Waals surface area contributed by atoms with Crippen molar-refractivity contribution in [2.45, 2.75) is 0 Å². The van der Waals surface area contributed by atoms with E-state index in [0.717, 1.165) is 4.88 Å². The van der Waals surface area contributed by atoms with Crippen LogP contribution in [0.1, 0.15) is 4.88 Å². The van der Waals surface area contributed by atoms with Crippen LogP contribution >= 0.6 is 11.3 Å². The van der Waals surface area contributed by atoms with Crippen molar-refractivity contribution in [3.8, 4) is 0 Å². The molecule has 0 aromatic carbocycles. The van der Waals surface area contributed by atoms with Crippen molar-refractivity contribution in [1.82, 2.24) is 4.90 Å². The van der Waals surface area contributed by atoms with Crippen LogP contribution in [0.4, 0.5) is 0 Å². The summed E-state index contributed by atoms with van der Waals surface area (Å²) < 4.78 is 0. The maximum absolute atomic E-state index is 11.1. The minimum absolute atomic E-state index is 0.0170. The number of nitrogens with zero attached hydrogens (tertiary/aromatic N) is 1. The number of hydrogen-bond acceptors (Lipinski definition) is 2. The SMILES string of the molecule is CN(C)C(=O)/C=C/c1cccs1. The summed E-state index contributed by atoms with van der Waals surface area (Å²) in [5.74, 6) is 0.0170. The Morgan fingerprint density at radius 2 is 2.33 bits per heavy atom. The molecule has 64 valence electrons. The predicted molar refractivity (Wildman–Crippen MR) is 52.0 cm³/mol. The molecule has 0 N–H and O–H groups in total. The highest BCUT2D eigenvalue weighted by Gasteiger charge is 1.96. The third kappa shape index (κ3) is 2.51. The Balaban J connectivity index is 2.57. The second kappa shape index (κ2) is 4.07. The van der Waals surface area contributed by atoms with E-state index in [9.17, 15) is 4.79 Å². The van der Waals surface area contributed by atoms with E-state index in [0.29, 0.717) is 0 Å². The zero-order chi connectivity index (χ0) is 8.97. The highest BCUT2D eigenvalue weighted by Crippen LogP contribution is 2.09. The van der Waals surface area contributed by atoms with Gasteiger partial charge in [0.15, 0.2) is 0 Å². The molecule has 0 bridgehead atoms. The van der Waals surface area contributed by atoms with Crippen molar-refractivity contribution in [3.63, 3.8) is 0 Å². The number of thiophene rings is 1. The van der Waals surface area contributed by atoms with E-state index in [1.165, 1.54) is 0 Å². The second-order valence-electron chi connectivity index (χ2n) is 2.58. The summed E-state index contributed by atoms with van der Waals surface area (Å²) in [5.41, 5.74) is 0. The highest BCUT2D eigenvalue weighted by atomic mass is 32.1. The number of carbonyl (C=O) groups excluding carboxylic acids is 1. The van der Waals surface area contributed by atoms with Gasteiger partial charge in [-0.1, -0.05) is 6.07 Å². The Morgan fingerprint density at radius 3 is 2.83 bits per heavy atom. The van der Waals surface area contributed by atoms with Gasteiger partial charge >= 0.3 is 0 Å². The molecule has 0 saturated carbocycles. The second-order valence-corrected chi connectivity index (χ2v) is 3.56. The van der Waals surface area contributed by atoms with Crippen molar-refractivity contribution < 1.29 is 4.79 Å². The van der Waals surface area contributed by atoms with Crippen LogP contribution in [0.15, 0.2) is 23.6 Å². The largest absolute Gasteiger partial charge is 0.345 e. The van der Waals surface area contributed by atoms with Crippen molar-refractivity contribution in [2.75, 3.05) is 14.1 Å². The van der Waals surface area contributed by atoms with Crippen LogP contribution in [-0.2, 0) is 4.79 Å². The third-order valence-electron chi connectivity index (χ3n) is 1.37. The number of amides is 1. The summed E-state index contributed by atoms with van der Waals surface area (Å²) in [7, 11) is 3.47. The summed E-state index contributed by atoms with van der Waals surface area (Å²) in [6.45, 7) is 0. The molecule has 0 saturated heterocycles. The number of likely N-dealkylation sites (N-methyl/N-ethyl adjacent to an activating group) is 1. The molecule has 0 spiro atoms. The van der Waals surface area contributed by atoms with Crippen LogP contribution in [0, 0.1) is 0 Å². The molecule has 3 heteroatoms. The highest BCUT2D eigenvalue weighted by molar-refractivity contribution is 7.10. The quantitative estimate of drug-likeness (QED) is 0.638. The van der Waals surface area contributed by atoms with Gasteiger partial charge in [-0.05, 0) is 17.5 Å². The number of hydrogen-bond donors (Lipinski definition) is 0. The van der Waals surface area contributed by atoms with Crippen LogP contribution in [0.2, 0.25) is 0 Å². The molecule has 2 nitrogen and oxygen atoms in total. The lowest BCUT2D eigenvalue weighted by atomic mass is 10.4. The van der Waals surface area contributed by atoms with E-state index < -0.39 is 0 Å². The summed E-state index contributed by atoms with van der Waals surface area (Å²) >= 11 is 1.62. The van der Waals surface area contributed by atoms with Crippen LogP contribution in [0.3, 0.4) is 0 Å². The van der Waals surface area contributed by atoms with Gasteiger partial charge in [-0.25, -0.2) is 0 Å². The van der Waals surface area contributed by atoms with Gasteiger partial charge in [0.05, 0.1) is 0 Å². The molecule has 12 heavy (non-hydrogen) atoms. The monoisotopic (exact) mass is 181 g/mol. The zero-order valence-corrected chi connectivity index (χ0v) is 7.97. The molecule has 1 heterocycles. The summed E-state index contributed by atoms with van der Waals surface area (Å²) in [6.07, 6.45) is 3.40. The van der Waals surface area contributed by atoms with Gasteiger partial charge in [-0.15, -0.1) is 11.3 Å². The Morgan fingerprint density at radius 1 is 1.58 bits per heavy atom. The number of carbonyl (C=O) groups is 1. The van der Waals surface area contributed by atoms with E-state index in [1.807, 2.05) is 23.6 Å². The first kappa shape index (κ1) is 9.00. The summed E-state index contributed by atoms with van der Waals surface area (Å²) in [5, 5.41) is 1.99. The Hall–Kier alpha value is -1.09. The average Bonchev–Trinajstić information content (AvgIpc) is 2.51. The average molecular weight is 181 g/mol. The van der Waals surface area contributed by atoms with E-state index in [-0.39, 0.29) is 5.91 Å². The number of rotatable bonds is 2. The normalized spacial score (nSPS) is 10.5. The fourth-order valence-electron chi connectivity index (χ4n) is 0.689. The first-order valence-electron chi connectivity index (χ1n) is 3.63. The third-order valence-corrected chi connectivity index (χ3v) is 2.21. The first-order valence-corrected chi connectivity index (χ1v) is 4.51. The molecule has 0 radical (unpaired) electrons. The lowest BCUT2D eigenvalue weighted by Crippen LogP contribution is -2.18. The minimum Gasteiger partial charge on any atom is -0.345 e. The maximum atomic E-state index is 11.1. The summed E-state index contributed by atoms with van der Waals surface area (Å²) in [4.78, 5) is 13.7. The molecule has 0 aliphatic rings. The topological polar surface area (TPSA) is 20.3 Å². The lowest BCUT2D eigenvalue weighted by Gasteiger charge is -2.04. The van der Waals surface area contributed by atoms with Gasteiger partial charge in [0.1, 0.15) is 0 Å². The summed E-state index contributed by atoms with van der Waals surface area (Å²) in [6, 6.07) is 3.94. The van der Waals surface area contributed by atoms with Crippen molar-refractivity contribution in [1.29, 1.82) is 0 Å². The molecular weight excluding hydrogens is 170 g/mol. The Kier molecular flexibility index (Phi) is 3.05. The molecule has 0 atom stereocenters. The van der Waals surface area contributed by atoms with Gasteiger partial charge in [-0.3, -0.25) is 4.79 Å². The van der Waals surface area contributed by atoms with Crippen LogP contribution in [-0.4, -0.2) is 24.9 Å². The maximum Gasteiger partial charge on any atom is 0.246 e. The van der Waals surface area contributed by atoms with Crippen LogP contribution < -0.4 is 0 Å². The van der Waals surface area contributed by atoms with Gasteiger partial charge in [0.25, 0.3) is 0 Å². The standard InChI is InChI=1S/C9H11NOS/c1-10(2)9(11)6-5-8-4-3-7-12-8/h3-7H,1-2H3/b6-5+. The van der Waals surface area contributed by atoms with Gasteiger partial charge in [-0.2, -0.15) is 0 Å². The van der Waals surface area contributed by atoms with Gasteiger partial charge in [0.2, 0.25) is 5.91 Å². The lowest BCUT2D eigenvalue weighted by molar-refractivity contribution is -0.123. The zero-order valence-electron chi connectivity index (χ0n) is 7.15. The molecule has 0 unspecified atom stereocenters. The van der Waals surface area contributed by atoms with Crippen molar-refractivity contribution in [3.05, 3.63) is 28.5 Å². The smallest absolute Gasteiger partial charge is 0.246 e. The Labute approximate surface area is 76.1 Å². The van der Waals surface area contributed by atoms with Crippen LogP contribution in [0.5, 0.6) is 0 Å². The fraction of sp³-hybridized carbons (Fsp3) is 0.222. The van der Waals surface area contributed by atoms with Gasteiger partial charge < -0.3 is 4.90 Å². The molecule has 1 aromatic rings. The molecule has 1 aromatic heterocycles. The van der Waals surface area contributed by atoms with Crippen LogP contribution in [0.25, 0.3) is 6.08 Å². The Bertz CT molecular complexity index is 275. The van der Waals surface area contributed by atoms with Gasteiger partial charge in [0, 0.05) is 25.0 Å². The molecule has 1 rings (SSSR count). The van der Waals surface area contributed by atoms with E-state index in [4.69, 9.17) is 0 Å². The fourth-order valence-corrected chi connectivity index (χ4v) is 1.31. The van der Waals surface area contributed by atoms with E-state index in [2.05, 4.69) is 0 Å². The molecule has 0 aliphatic heterocycles. The predicted octanol–water partition coefficient (Wildman–Crippen LogP) is 1.85. The van der Waals surface area contributed by atoms with Crippen molar-refractivity contribution in [2.24, 2.45) is 0 Å². The van der Waals surface area contributed by atoms with E-state index >= 15 is 0 Å². The first-order chi connectivity index (χ1) is 5.70. The molecule has 0 fully saturated rings. The van der Waals surface area contributed by atoms with Crippen molar-refractivity contribution >= 4 is 23.3 Å². The molecule has 0 aliphatic carbocycles. The molecule has 1 amide bonds. The minimum atomic E-state index is 0.0170. The molecular formula is C9H11NOS. The van der Waals surface area contributed by atoms with E-state index in [1.54, 1.807) is 36.4 Å².